The van der Waals surface area contributed by atoms with Crippen LogP contribution in [-0.2, 0) is 4.89 Å². The van der Waals surface area contributed by atoms with Crippen LogP contribution in [0.1, 0.15) is 5.56 Å². The minimum absolute atomic E-state index is 0.769. The molecule has 1 aliphatic rings. The van der Waals surface area contributed by atoms with E-state index in [4.69, 9.17) is 14.8 Å². The second-order valence-corrected chi connectivity index (χ2v) is 2.47. The molecule has 0 atom stereocenters. The highest BCUT2D eigenvalue weighted by atomic mass is 17.2. The molecule has 0 bridgehead atoms. The lowest BCUT2D eigenvalue weighted by Gasteiger charge is -2.08. The molecule has 6 heteroatoms. The molecule has 15 heavy (non-hydrogen) atoms. The number of hydrogen-bond donors (Lipinski definition) is 3. The third-order valence-electron chi connectivity index (χ3n) is 1.48. The first-order valence-electron chi connectivity index (χ1n) is 4.02. The number of carbonyl (C=O) groups is 1. The second-order valence-electron chi connectivity index (χ2n) is 2.47. The molecule has 80 valence electrons. The Hall–Kier alpha value is -2.21. The minimum atomic E-state index is -1.22. The van der Waals surface area contributed by atoms with Crippen molar-refractivity contribution in [3.05, 3.63) is 36.1 Å². The Bertz CT molecular complexity index is 365. The topological polar surface area (TPSA) is 93.8 Å². The lowest BCUT2D eigenvalue weighted by atomic mass is 10.2. The van der Waals surface area contributed by atoms with Crippen LogP contribution in [0.4, 0.5) is 4.79 Å². The minimum Gasteiger partial charge on any atom is -0.464 e. The number of nitrogens with one attached hydrogen (secondary N) is 1. The van der Waals surface area contributed by atoms with Crippen LogP contribution in [0, 0.1) is 0 Å². The van der Waals surface area contributed by atoms with Gasteiger partial charge < -0.3 is 5.11 Å². The summed E-state index contributed by atoms with van der Waals surface area (Å²) in [7, 11) is 0. The molecule has 1 aromatic carbocycles. The standard InChI is InChI=1S/C8H6O2.CH4N2O2/c1-2-4-8-7(3-1)5-6-9-10-8;2-3-1(4)5/h1-6H;3H,2H2,(H,4,5). The van der Waals surface area contributed by atoms with Gasteiger partial charge >= 0.3 is 6.09 Å². The van der Waals surface area contributed by atoms with Crippen molar-refractivity contribution in [1.29, 1.82) is 0 Å². The van der Waals surface area contributed by atoms with E-state index in [1.807, 2.05) is 30.3 Å². The summed E-state index contributed by atoms with van der Waals surface area (Å²) in [4.78, 5) is 18.6. The first-order valence-corrected chi connectivity index (χ1v) is 4.02. The Morgan fingerprint density at radius 2 is 2.07 bits per heavy atom. The van der Waals surface area contributed by atoms with E-state index in [9.17, 15) is 0 Å². The van der Waals surface area contributed by atoms with Gasteiger partial charge in [0.2, 0.25) is 0 Å². The molecular formula is C9H10N2O4. The molecule has 2 rings (SSSR count). The Labute approximate surface area is 85.8 Å². The normalized spacial score (nSPS) is 11.0. The average Bonchev–Trinajstić information content (AvgIpc) is 2.30. The van der Waals surface area contributed by atoms with Crippen LogP contribution < -0.4 is 16.2 Å². The van der Waals surface area contributed by atoms with Gasteiger partial charge in [-0.05, 0) is 12.1 Å². The van der Waals surface area contributed by atoms with Crippen molar-refractivity contribution >= 4 is 12.2 Å². The number of carboxylic acid groups (broad SMARTS) is 1. The van der Waals surface area contributed by atoms with E-state index in [1.54, 1.807) is 0 Å². The molecule has 0 saturated carbocycles. The smallest absolute Gasteiger partial charge is 0.418 e. The van der Waals surface area contributed by atoms with Crippen molar-refractivity contribution in [3.8, 4) is 5.75 Å². The van der Waals surface area contributed by atoms with Gasteiger partial charge in [0.1, 0.15) is 6.26 Å². The van der Waals surface area contributed by atoms with Crippen LogP contribution in [0.3, 0.4) is 0 Å². The molecular weight excluding hydrogens is 200 g/mol. The summed E-state index contributed by atoms with van der Waals surface area (Å²) >= 11 is 0. The maximum absolute atomic E-state index is 9.13. The van der Waals surface area contributed by atoms with Gasteiger partial charge in [0, 0.05) is 5.56 Å². The zero-order valence-electron chi connectivity index (χ0n) is 7.71. The van der Waals surface area contributed by atoms with Crippen molar-refractivity contribution in [2.75, 3.05) is 0 Å². The van der Waals surface area contributed by atoms with E-state index in [2.05, 4.69) is 10.7 Å². The average molecular weight is 210 g/mol. The van der Waals surface area contributed by atoms with Crippen LogP contribution in [0.25, 0.3) is 6.08 Å². The molecule has 0 unspecified atom stereocenters. The Morgan fingerprint density at radius 1 is 1.40 bits per heavy atom. The molecule has 1 aromatic rings. The molecule has 6 nitrogen and oxygen atoms in total. The maximum atomic E-state index is 9.13. The predicted octanol–water partition coefficient (Wildman–Crippen LogP) is 1.11. The number of hydrogen-bond acceptors (Lipinski definition) is 4. The summed E-state index contributed by atoms with van der Waals surface area (Å²) in [6.07, 6.45) is 2.16. The molecule has 1 amide bonds. The summed E-state index contributed by atoms with van der Waals surface area (Å²) < 4.78 is 0. The summed E-state index contributed by atoms with van der Waals surface area (Å²) in [6, 6.07) is 7.69. The maximum Gasteiger partial charge on any atom is 0.418 e. The van der Waals surface area contributed by atoms with Gasteiger partial charge in [0.25, 0.3) is 0 Å². The number of para-hydroxylation sites is 1. The summed E-state index contributed by atoms with van der Waals surface area (Å²) in [5.41, 5.74) is 2.49. The van der Waals surface area contributed by atoms with Gasteiger partial charge in [-0.1, -0.05) is 18.2 Å². The Balaban J connectivity index is 0.000000195. The van der Waals surface area contributed by atoms with Gasteiger partial charge in [-0.3, -0.25) is 15.2 Å². The van der Waals surface area contributed by atoms with Crippen molar-refractivity contribution in [2.45, 2.75) is 0 Å². The van der Waals surface area contributed by atoms with Crippen LogP contribution in [0.15, 0.2) is 30.5 Å². The molecule has 0 aliphatic carbocycles. The molecule has 1 aliphatic heterocycles. The Kier molecular flexibility index (Phi) is 3.99. The summed E-state index contributed by atoms with van der Waals surface area (Å²) in [5.74, 6) is 5.09. The van der Waals surface area contributed by atoms with Crippen LogP contribution in [0.5, 0.6) is 5.75 Å². The number of hydrazine groups is 1. The van der Waals surface area contributed by atoms with E-state index >= 15 is 0 Å². The zero-order valence-corrected chi connectivity index (χ0v) is 7.71. The van der Waals surface area contributed by atoms with Crippen LogP contribution >= 0.6 is 0 Å². The number of nitrogens with two attached hydrogens (primary N) is 1. The molecule has 4 N–H and O–H groups in total. The van der Waals surface area contributed by atoms with E-state index in [0.717, 1.165) is 11.3 Å². The van der Waals surface area contributed by atoms with Gasteiger partial charge in [0.05, 0.1) is 0 Å². The second kappa shape index (κ2) is 5.51. The highest BCUT2D eigenvalue weighted by molar-refractivity contribution is 5.63. The lowest BCUT2D eigenvalue weighted by molar-refractivity contribution is -0.151. The lowest BCUT2D eigenvalue weighted by Crippen LogP contribution is -2.27. The first kappa shape index (κ1) is 10.9. The molecule has 0 saturated heterocycles. The SMILES string of the molecule is C1=Cc2ccccc2OO1.NNC(=O)O. The van der Waals surface area contributed by atoms with Crippen molar-refractivity contribution in [2.24, 2.45) is 5.84 Å². The third kappa shape index (κ3) is 3.57. The van der Waals surface area contributed by atoms with Gasteiger partial charge in [0.15, 0.2) is 5.75 Å². The highest BCUT2D eigenvalue weighted by Gasteiger charge is 2.03. The van der Waals surface area contributed by atoms with Crippen molar-refractivity contribution in [3.63, 3.8) is 0 Å². The zero-order chi connectivity index (χ0) is 11.1. The fourth-order valence-electron chi connectivity index (χ4n) is 0.875. The third-order valence-corrected chi connectivity index (χ3v) is 1.48. The van der Waals surface area contributed by atoms with E-state index in [-0.39, 0.29) is 0 Å². The number of amides is 1. The van der Waals surface area contributed by atoms with Crippen LogP contribution in [-0.4, -0.2) is 11.2 Å². The van der Waals surface area contributed by atoms with Crippen LogP contribution in [0.2, 0.25) is 0 Å². The summed E-state index contributed by atoms with van der Waals surface area (Å²) in [6.45, 7) is 0. The fourth-order valence-corrected chi connectivity index (χ4v) is 0.875. The number of rotatable bonds is 0. The molecule has 0 aromatic heterocycles. The number of benzene rings is 1. The molecule has 1 heterocycles. The van der Waals surface area contributed by atoms with E-state index in [0.29, 0.717) is 0 Å². The van der Waals surface area contributed by atoms with Crippen molar-refractivity contribution in [1.82, 2.24) is 5.43 Å². The van der Waals surface area contributed by atoms with E-state index < -0.39 is 6.09 Å². The monoisotopic (exact) mass is 210 g/mol. The van der Waals surface area contributed by atoms with E-state index in [1.165, 1.54) is 11.7 Å². The number of fused-ring (bicyclic) bond motifs is 1. The highest BCUT2D eigenvalue weighted by Crippen LogP contribution is 2.22. The van der Waals surface area contributed by atoms with Gasteiger partial charge in [-0.2, -0.15) is 0 Å². The molecule has 0 spiro atoms. The van der Waals surface area contributed by atoms with Crippen molar-refractivity contribution < 1.29 is 19.7 Å². The fraction of sp³-hybridized carbons (Fsp3) is 0. The van der Waals surface area contributed by atoms with Gasteiger partial charge in [-0.15, -0.1) is 0 Å². The molecule has 0 fully saturated rings. The summed E-state index contributed by atoms with van der Waals surface area (Å²) in [5, 5.41) is 7.49. The Morgan fingerprint density at radius 3 is 2.67 bits per heavy atom. The largest absolute Gasteiger partial charge is 0.464 e. The molecule has 0 radical (unpaired) electrons. The predicted molar refractivity (Wildman–Crippen MR) is 52.5 cm³/mol. The first-order chi connectivity index (χ1) is 7.24. The van der Waals surface area contributed by atoms with Gasteiger partial charge in [-0.25, -0.2) is 10.6 Å². The quantitative estimate of drug-likeness (QED) is 0.258.